The van der Waals surface area contributed by atoms with Crippen molar-refractivity contribution in [2.24, 2.45) is 0 Å². The van der Waals surface area contributed by atoms with E-state index >= 15 is 0 Å². The fraction of sp³-hybridized carbons (Fsp3) is 0.350. The Hall–Kier alpha value is -3.11. The van der Waals surface area contributed by atoms with Gasteiger partial charge in [-0.25, -0.2) is 0 Å². The Morgan fingerprint density at radius 2 is 2.11 bits per heavy atom. The lowest BCUT2D eigenvalue weighted by Crippen LogP contribution is -2.20. The maximum absolute atomic E-state index is 8.62. The predicted octanol–water partition coefficient (Wildman–Crippen LogP) is 3.27. The summed E-state index contributed by atoms with van der Waals surface area (Å²) in [6.45, 7) is 3.21. The second-order valence-corrected chi connectivity index (χ2v) is 6.18. The van der Waals surface area contributed by atoms with Crippen LogP contribution in [0.1, 0.15) is 37.2 Å². The van der Waals surface area contributed by atoms with E-state index in [-0.39, 0.29) is 6.04 Å². The summed E-state index contributed by atoms with van der Waals surface area (Å²) in [6.07, 6.45) is 3.13. The van der Waals surface area contributed by atoms with Crippen LogP contribution in [0.2, 0.25) is 0 Å². The van der Waals surface area contributed by atoms with Crippen LogP contribution in [0.25, 0.3) is 5.65 Å². The Kier molecular flexibility index (Phi) is 6.23. The van der Waals surface area contributed by atoms with E-state index in [1.165, 1.54) is 0 Å². The van der Waals surface area contributed by atoms with Gasteiger partial charge in [0.1, 0.15) is 0 Å². The van der Waals surface area contributed by atoms with Gasteiger partial charge in [0.15, 0.2) is 23.0 Å². The standard InChI is InChI=1S/C20H23N5O2/c1-15(20-24-23-19-7-3-5-11-25(19)20)22-14-16-8-9-17(26-2)18(13-16)27-12-6-4-10-21/h3,5,7-9,11,13,15,22H,4,6,12,14H2,1-2H3. The highest BCUT2D eigenvalue weighted by molar-refractivity contribution is 5.43. The third-order valence-corrected chi connectivity index (χ3v) is 4.26. The van der Waals surface area contributed by atoms with Crippen molar-refractivity contribution in [1.82, 2.24) is 19.9 Å². The number of nitrogens with one attached hydrogen (secondary N) is 1. The van der Waals surface area contributed by atoms with Crippen LogP contribution in [0.5, 0.6) is 11.5 Å². The normalized spacial score (nSPS) is 11.9. The van der Waals surface area contributed by atoms with Crippen molar-refractivity contribution in [3.63, 3.8) is 0 Å². The fourth-order valence-electron chi connectivity index (χ4n) is 2.79. The molecule has 7 nitrogen and oxygen atoms in total. The zero-order valence-corrected chi connectivity index (χ0v) is 15.6. The first-order valence-corrected chi connectivity index (χ1v) is 8.92. The molecule has 1 aromatic carbocycles. The van der Waals surface area contributed by atoms with E-state index in [4.69, 9.17) is 14.7 Å². The number of methoxy groups -OCH3 is 1. The Bertz CT molecular complexity index is 932. The van der Waals surface area contributed by atoms with Gasteiger partial charge in [-0.15, -0.1) is 10.2 Å². The second kappa shape index (κ2) is 9.01. The highest BCUT2D eigenvalue weighted by Gasteiger charge is 2.13. The maximum Gasteiger partial charge on any atom is 0.161 e. The molecule has 0 saturated carbocycles. The molecule has 7 heteroatoms. The second-order valence-electron chi connectivity index (χ2n) is 6.18. The number of pyridine rings is 1. The third kappa shape index (κ3) is 4.54. The van der Waals surface area contributed by atoms with Crippen LogP contribution >= 0.6 is 0 Å². The number of nitriles is 1. The van der Waals surface area contributed by atoms with Crippen molar-refractivity contribution in [3.8, 4) is 17.6 Å². The minimum absolute atomic E-state index is 0.0319. The van der Waals surface area contributed by atoms with Gasteiger partial charge < -0.3 is 14.8 Å². The van der Waals surface area contributed by atoms with Gasteiger partial charge in [0, 0.05) is 19.2 Å². The number of rotatable bonds is 9. The molecule has 0 bridgehead atoms. The molecule has 27 heavy (non-hydrogen) atoms. The average Bonchev–Trinajstić information content (AvgIpc) is 3.14. The SMILES string of the molecule is COc1ccc(CNC(C)c2nnc3ccccn23)cc1OCCCC#N. The number of hydrogen-bond acceptors (Lipinski definition) is 6. The third-order valence-electron chi connectivity index (χ3n) is 4.26. The van der Waals surface area contributed by atoms with Crippen LogP contribution in [0.15, 0.2) is 42.6 Å². The Balaban J connectivity index is 1.65. The highest BCUT2D eigenvalue weighted by Crippen LogP contribution is 2.28. The van der Waals surface area contributed by atoms with E-state index in [1.807, 2.05) is 47.0 Å². The molecule has 0 fully saturated rings. The summed E-state index contributed by atoms with van der Waals surface area (Å²) >= 11 is 0. The van der Waals surface area contributed by atoms with Crippen molar-refractivity contribution in [2.75, 3.05) is 13.7 Å². The zero-order valence-electron chi connectivity index (χ0n) is 15.6. The van der Waals surface area contributed by atoms with Gasteiger partial charge in [0.2, 0.25) is 0 Å². The minimum Gasteiger partial charge on any atom is -0.493 e. The van der Waals surface area contributed by atoms with Crippen LogP contribution < -0.4 is 14.8 Å². The molecular weight excluding hydrogens is 342 g/mol. The van der Waals surface area contributed by atoms with Gasteiger partial charge >= 0.3 is 0 Å². The molecule has 3 aromatic rings. The average molecular weight is 365 g/mol. The first-order chi connectivity index (χ1) is 13.2. The van der Waals surface area contributed by atoms with Crippen molar-refractivity contribution in [2.45, 2.75) is 32.4 Å². The number of nitrogens with zero attached hydrogens (tertiary/aromatic N) is 4. The molecule has 1 unspecified atom stereocenters. The lowest BCUT2D eigenvalue weighted by Gasteiger charge is -2.15. The lowest BCUT2D eigenvalue weighted by molar-refractivity contribution is 0.290. The molecule has 0 aliphatic rings. The molecule has 140 valence electrons. The highest BCUT2D eigenvalue weighted by atomic mass is 16.5. The molecule has 3 rings (SSSR count). The Morgan fingerprint density at radius 1 is 1.22 bits per heavy atom. The van der Waals surface area contributed by atoms with Gasteiger partial charge in [-0.1, -0.05) is 12.1 Å². The summed E-state index contributed by atoms with van der Waals surface area (Å²) in [5, 5.41) is 20.6. The number of benzene rings is 1. The summed E-state index contributed by atoms with van der Waals surface area (Å²) in [5.41, 5.74) is 1.91. The van der Waals surface area contributed by atoms with Crippen molar-refractivity contribution in [1.29, 1.82) is 5.26 Å². The van der Waals surface area contributed by atoms with E-state index in [2.05, 4.69) is 28.5 Å². The molecule has 0 radical (unpaired) electrons. The van der Waals surface area contributed by atoms with E-state index in [0.29, 0.717) is 37.5 Å². The number of fused-ring (bicyclic) bond motifs is 1. The Morgan fingerprint density at radius 3 is 2.93 bits per heavy atom. The number of aromatic nitrogens is 3. The summed E-state index contributed by atoms with van der Waals surface area (Å²) in [4.78, 5) is 0. The number of hydrogen-bond donors (Lipinski definition) is 1. The topological polar surface area (TPSA) is 84.5 Å². The largest absolute Gasteiger partial charge is 0.493 e. The van der Waals surface area contributed by atoms with Gasteiger partial charge in [-0.2, -0.15) is 5.26 Å². The minimum atomic E-state index is 0.0319. The molecule has 0 spiro atoms. The van der Waals surface area contributed by atoms with E-state index < -0.39 is 0 Å². The molecule has 0 amide bonds. The molecule has 2 heterocycles. The molecule has 0 aliphatic carbocycles. The quantitative estimate of drug-likeness (QED) is 0.586. The summed E-state index contributed by atoms with van der Waals surface area (Å²) in [7, 11) is 1.62. The predicted molar refractivity (Wildman–Crippen MR) is 102 cm³/mol. The van der Waals surface area contributed by atoms with Gasteiger partial charge in [0.05, 0.1) is 25.8 Å². The molecule has 1 N–H and O–H groups in total. The van der Waals surface area contributed by atoms with Crippen LogP contribution in [0.3, 0.4) is 0 Å². The van der Waals surface area contributed by atoms with Crippen molar-refractivity contribution in [3.05, 3.63) is 54.0 Å². The van der Waals surface area contributed by atoms with E-state index in [1.54, 1.807) is 7.11 Å². The van der Waals surface area contributed by atoms with Gasteiger partial charge in [-0.3, -0.25) is 4.40 Å². The van der Waals surface area contributed by atoms with Crippen LogP contribution in [-0.4, -0.2) is 28.3 Å². The summed E-state index contributed by atoms with van der Waals surface area (Å²) < 4.78 is 13.1. The van der Waals surface area contributed by atoms with Gasteiger partial charge in [-0.05, 0) is 43.2 Å². The molecular formula is C20H23N5O2. The van der Waals surface area contributed by atoms with Crippen LogP contribution in [-0.2, 0) is 6.54 Å². The van der Waals surface area contributed by atoms with Gasteiger partial charge in [0.25, 0.3) is 0 Å². The monoisotopic (exact) mass is 365 g/mol. The van der Waals surface area contributed by atoms with E-state index in [9.17, 15) is 0 Å². The smallest absolute Gasteiger partial charge is 0.161 e. The van der Waals surface area contributed by atoms with Crippen LogP contribution in [0, 0.1) is 11.3 Å². The zero-order chi connectivity index (χ0) is 19.1. The molecule has 2 aromatic heterocycles. The first-order valence-electron chi connectivity index (χ1n) is 8.92. The first kappa shape index (κ1) is 18.7. The number of unbranched alkanes of at least 4 members (excludes halogenated alkanes) is 1. The summed E-state index contributed by atoms with van der Waals surface area (Å²) in [5.74, 6) is 2.25. The molecule has 0 aliphatic heterocycles. The number of ether oxygens (including phenoxy) is 2. The lowest BCUT2D eigenvalue weighted by atomic mass is 10.2. The molecule has 1 atom stereocenters. The maximum atomic E-state index is 8.62. The fourth-order valence-corrected chi connectivity index (χ4v) is 2.79. The van der Waals surface area contributed by atoms with Crippen molar-refractivity contribution < 1.29 is 9.47 Å². The van der Waals surface area contributed by atoms with Crippen molar-refractivity contribution >= 4 is 5.65 Å². The Labute approximate surface area is 158 Å². The summed E-state index contributed by atoms with van der Waals surface area (Å²) in [6, 6.07) is 13.9. The molecule has 0 saturated heterocycles. The van der Waals surface area contributed by atoms with E-state index in [0.717, 1.165) is 17.0 Å². The van der Waals surface area contributed by atoms with Crippen LogP contribution in [0.4, 0.5) is 0 Å².